The van der Waals surface area contributed by atoms with Crippen LogP contribution in [0.1, 0.15) is 21.6 Å². The molecule has 1 N–H and O–H groups in total. The van der Waals surface area contributed by atoms with Crippen molar-refractivity contribution >= 4 is 41.0 Å². The van der Waals surface area contributed by atoms with Crippen LogP contribution in [0.5, 0.6) is 0 Å². The number of carbonyl (C=O) groups excluding carboxylic acids is 2. The Morgan fingerprint density at radius 3 is 2.66 bits per heavy atom. The zero-order valence-corrected chi connectivity index (χ0v) is 18.6. The summed E-state index contributed by atoms with van der Waals surface area (Å²) < 4.78 is 11.5. The minimum atomic E-state index is -0.581. The van der Waals surface area contributed by atoms with Crippen LogP contribution in [-0.4, -0.2) is 33.7 Å². The number of ether oxygens (including phenoxy) is 1. The van der Waals surface area contributed by atoms with E-state index in [2.05, 4.69) is 20.5 Å². The topological polar surface area (TPSA) is 107 Å². The smallest absolute Gasteiger partial charge is 0.338 e. The molecule has 0 unspecified atom stereocenters. The second-order valence-corrected chi connectivity index (χ2v) is 8.68. The minimum absolute atomic E-state index is 0.0690. The summed E-state index contributed by atoms with van der Waals surface area (Å²) in [6.45, 7) is 1.46. The largest absolute Gasteiger partial charge is 0.452 e. The second-order valence-electron chi connectivity index (χ2n) is 6.60. The van der Waals surface area contributed by atoms with E-state index < -0.39 is 18.5 Å². The summed E-state index contributed by atoms with van der Waals surface area (Å²) in [5.74, 6) is -0.317. The Morgan fingerprint density at radius 1 is 1.09 bits per heavy atom. The normalized spacial score (nSPS) is 10.7. The van der Waals surface area contributed by atoms with E-state index in [4.69, 9.17) is 9.15 Å². The molecule has 2 heterocycles. The number of nitrogens with one attached hydrogen (secondary N) is 1. The highest BCUT2D eigenvalue weighted by Gasteiger charge is 2.16. The molecule has 0 aliphatic carbocycles. The van der Waals surface area contributed by atoms with Crippen molar-refractivity contribution in [3.8, 4) is 11.5 Å². The summed E-state index contributed by atoms with van der Waals surface area (Å²) >= 11 is 3.11. The molecule has 0 atom stereocenters. The van der Waals surface area contributed by atoms with E-state index in [0.717, 1.165) is 21.2 Å². The summed E-state index contributed by atoms with van der Waals surface area (Å²) in [7, 11) is 0. The fraction of sp³-hybridized carbons (Fsp3) is 0.136. The monoisotopic (exact) mass is 466 g/mol. The molecule has 2 aromatic carbocycles. The lowest BCUT2D eigenvalue weighted by Gasteiger charge is -2.08. The van der Waals surface area contributed by atoms with Crippen molar-refractivity contribution in [1.29, 1.82) is 0 Å². The number of aromatic nitrogens is 3. The van der Waals surface area contributed by atoms with E-state index in [1.165, 1.54) is 0 Å². The molecule has 0 aliphatic heterocycles. The fourth-order valence-electron chi connectivity index (χ4n) is 2.72. The van der Waals surface area contributed by atoms with Gasteiger partial charge in [-0.2, -0.15) is 0 Å². The van der Waals surface area contributed by atoms with Crippen LogP contribution in [0, 0.1) is 6.92 Å². The minimum Gasteiger partial charge on any atom is -0.452 e. The highest BCUT2D eigenvalue weighted by Crippen LogP contribution is 2.27. The average Bonchev–Trinajstić information content (AvgIpc) is 3.45. The predicted octanol–water partition coefficient (Wildman–Crippen LogP) is 4.59. The highest BCUT2D eigenvalue weighted by molar-refractivity contribution is 8.00. The third-order valence-electron chi connectivity index (χ3n) is 4.21. The fourth-order valence-corrected chi connectivity index (χ4v) is 4.57. The number of rotatable bonds is 8. The number of esters is 1. The van der Waals surface area contributed by atoms with Crippen LogP contribution < -0.4 is 5.32 Å². The van der Waals surface area contributed by atoms with Crippen molar-refractivity contribution in [3.05, 3.63) is 76.8 Å². The molecule has 0 saturated heterocycles. The molecule has 0 spiro atoms. The second kappa shape index (κ2) is 10.2. The molecule has 162 valence electrons. The Balaban J connectivity index is 1.32. The van der Waals surface area contributed by atoms with Gasteiger partial charge in [0.15, 0.2) is 6.61 Å². The van der Waals surface area contributed by atoms with Crippen LogP contribution in [0.15, 0.2) is 68.7 Å². The van der Waals surface area contributed by atoms with E-state index in [0.29, 0.717) is 11.3 Å². The van der Waals surface area contributed by atoms with E-state index in [1.807, 2.05) is 54.8 Å². The SMILES string of the molecule is Cc1csc(SCc2ccccc2C(=O)OCC(=O)Nc2nnc(-c3ccccc3)o2)n1. The van der Waals surface area contributed by atoms with Gasteiger partial charge in [0, 0.05) is 22.4 Å². The van der Waals surface area contributed by atoms with E-state index in [9.17, 15) is 9.59 Å². The Bertz CT molecular complexity index is 1220. The van der Waals surface area contributed by atoms with Crippen LogP contribution in [0.2, 0.25) is 0 Å². The predicted molar refractivity (Wildman–Crippen MR) is 122 cm³/mol. The maximum Gasteiger partial charge on any atom is 0.338 e. The molecule has 1 amide bonds. The molecule has 4 aromatic rings. The van der Waals surface area contributed by atoms with Crippen molar-refractivity contribution in [3.63, 3.8) is 0 Å². The van der Waals surface area contributed by atoms with Crippen molar-refractivity contribution in [1.82, 2.24) is 15.2 Å². The number of amides is 1. The van der Waals surface area contributed by atoms with Gasteiger partial charge in [-0.05, 0) is 30.7 Å². The molecular formula is C22H18N4O4S2. The molecule has 0 saturated carbocycles. The van der Waals surface area contributed by atoms with Crippen LogP contribution in [0.4, 0.5) is 6.01 Å². The van der Waals surface area contributed by atoms with Gasteiger partial charge in [-0.3, -0.25) is 10.1 Å². The van der Waals surface area contributed by atoms with Gasteiger partial charge in [-0.25, -0.2) is 9.78 Å². The Kier molecular flexibility index (Phi) is 6.93. The van der Waals surface area contributed by atoms with Crippen LogP contribution in [-0.2, 0) is 15.3 Å². The number of benzene rings is 2. The first-order valence-corrected chi connectivity index (χ1v) is 11.4. The lowest BCUT2D eigenvalue weighted by atomic mass is 10.1. The van der Waals surface area contributed by atoms with Gasteiger partial charge in [-0.1, -0.05) is 53.3 Å². The number of hydrogen-bond donors (Lipinski definition) is 1. The van der Waals surface area contributed by atoms with Crippen molar-refractivity contribution in [2.24, 2.45) is 0 Å². The van der Waals surface area contributed by atoms with Gasteiger partial charge in [0.2, 0.25) is 5.89 Å². The molecule has 0 bridgehead atoms. The highest BCUT2D eigenvalue weighted by atomic mass is 32.2. The maximum atomic E-state index is 12.6. The lowest BCUT2D eigenvalue weighted by Crippen LogP contribution is -2.21. The van der Waals surface area contributed by atoms with Gasteiger partial charge in [-0.15, -0.1) is 16.4 Å². The number of aryl methyl sites for hydroxylation is 1. The molecule has 2 aromatic heterocycles. The third kappa shape index (κ3) is 5.59. The number of thioether (sulfide) groups is 1. The zero-order valence-electron chi connectivity index (χ0n) is 17.0. The first-order chi connectivity index (χ1) is 15.6. The van der Waals surface area contributed by atoms with Gasteiger partial charge in [0.1, 0.15) is 4.34 Å². The van der Waals surface area contributed by atoms with Crippen LogP contribution >= 0.6 is 23.1 Å². The molecule has 0 fully saturated rings. The van der Waals surface area contributed by atoms with Gasteiger partial charge in [0.25, 0.3) is 5.91 Å². The van der Waals surface area contributed by atoms with Gasteiger partial charge in [0.05, 0.1) is 5.56 Å². The van der Waals surface area contributed by atoms with Crippen LogP contribution in [0.3, 0.4) is 0 Å². The lowest BCUT2D eigenvalue weighted by molar-refractivity contribution is -0.119. The van der Waals surface area contributed by atoms with E-state index >= 15 is 0 Å². The van der Waals surface area contributed by atoms with Gasteiger partial charge >= 0.3 is 12.0 Å². The number of thiazole rings is 1. The van der Waals surface area contributed by atoms with Crippen molar-refractivity contribution in [2.75, 3.05) is 11.9 Å². The quantitative estimate of drug-likeness (QED) is 0.297. The summed E-state index contributed by atoms with van der Waals surface area (Å²) in [6.07, 6.45) is 0. The summed E-state index contributed by atoms with van der Waals surface area (Å²) in [4.78, 5) is 29.1. The number of hydrogen-bond acceptors (Lipinski definition) is 9. The Hall–Kier alpha value is -3.50. The number of anilines is 1. The molecule has 10 heteroatoms. The first kappa shape index (κ1) is 21.7. The first-order valence-electron chi connectivity index (χ1n) is 9.57. The third-order valence-corrected chi connectivity index (χ3v) is 6.40. The molecule has 4 rings (SSSR count). The number of nitrogens with zero attached hydrogens (tertiary/aromatic N) is 3. The number of carbonyl (C=O) groups is 2. The van der Waals surface area contributed by atoms with E-state index in [1.54, 1.807) is 35.2 Å². The summed E-state index contributed by atoms with van der Waals surface area (Å²) in [5, 5.41) is 12.1. The van der Waals surface area contributed by atoms with Crippen LogP contribution in [0.25, 0.3) is 11.5 Å². The van der Waals surface area contributed by atoms with Crippen molar-refractivity contribution < 1.29 is 18.7 Å². The standard InChI is InChI=1S/C22H18N4O4S2/c1-14-12-31-22(23-14)32-13-16-9-5-6-10-17(16)20(28)29-11-18(27)24-21-26-25-19(30-21)15-7-3-2-4-8-15/h2-10,12H,11,13H2,1H3,(H,24,26,27). The van der Waals surface area contributed by atoms with Crippen molar-refractivity contribution in [2.45, 2.75) is 17.0 Å². The summed E-state index contributed by atoms with van der Waals surface area (Å²) in [5.41, 5.74) is 2.91. The van der Waals surface area contributed by atoms with E-state index in [-0.39, 0.29) is 11.9 Å². The summed E-state index contributed by atoms with van der Waals surface area (Å²) in [6, 6.07) is 16.2. The Labute approximate surface area is 192 Å². The molecular weight excluding hydrogens is 448 g/mol. The molecule has 0 radical (unpaired) electrons. The van der Waals surface area contributed by atoms with Gasteiger partial charge < -0.3 is 9.15 Å². The Morgan fingerprint density at radius 2 is 1.88 bits per heavy atom. The molecule has 32 heavy (non-hydrogen) atoms. The zero-order chi connectivity index (χ0) is 22.3. The maximum absolute atomic E-state index is 12.6. The molecule has 0 aliphatic rings. The average molecular weight is 467 g/mol. The molecule has 8 nitrogen and oxygen atoms in total.